The molecule has 2 aromatic rings. The molecule has 134 valence electrons. The van der Waals surface area contributed by atoms with E-state index in [1.165, 1.54) is 4.90 Å². The van der Waals surface area contributed by atoms with Gasteiger partial charge in [-0.1, -0.05) is 41.9 Å². The summed E-state index contributed by atoms with van der Waals surface area (Å²) in [7, 11) is 0. The van der Waals surface area contributed by atoms with Gasteiger partial charge in [-0.3, -0.25) is 19.3 Å². The summed E-state index contributed by atoms with van der Waals surface area (Å²) in [6, 6.07) is 13.9. The number of carbonyl (C=O) groups excluding carboxylic acids is 3. The Morgan fingerprint density at radius 3 is 2.23 bits per heavy atom. The second-order valence-corrected chi connectivity index (χ2v) is 6.47. The lowest BCUT2D eigenvalue weighted by molar-refractivity contribution is -0.148. The van der Waals surface area contributed by atoms with Crippen molar-refractivity contribution in [3.63, 3.8) is 0 Å². The minimum absolute atomic E-state index is 0.113. The van der Waals surface area contributed by atoms with E-state index in [4.69, 9.17) is 16.3 Å². The van der Waals surface area contributed by atoms with Gasteiger partial charge in [0, 0.05) is 23.6 Å². The van der Waals surface area contributed by atoms with Crippen LogP contribution in [0.15, 0.2) is 48.5 Å². The van der Waals surface area contributed by atoms with E-state index in [-0.39, 0.29) is 24.8 Å². The van der Waals surface area contributed by atoms with Crippen molar-refractivity contribution in [2.75, 3.05) is 6.54 Å². The second-order valence-electron chi connectivity index (χ2n) is 6.06. The molecule has 0 fully saturated rings. The van der Waals surface area contributed by atoms with Gasteiger partial charge in [-0.25, -0.2) is 0 Å². The zero-order valence-corrected chi connectivity index (χ0v) is 15.0. The van der Waals surface area contributed by atoms with Gasteiger partial charge in [0.25, 0.3) is 11.8 Å². The van der Waals surface area contributed by atoms with Crippen LogP contribution in [0, 0.1) is 0 Å². The monoisotopic (exact) mass is 371 g/mol. The summed E-state index contributed by atoms with van der Waals surface area (Å²) in [5.41, 5.74) is 1.56. The number of rotatable bonds is 6. The molecule has 1 atom stereocenters. The molecule has 6 heteroatoms. The van der Waals surface area contributed by atoms with Crippen molar-refractivity contribution in [1.82, 2.24) is 4.90 Å². The van der Waals surface area contributed by atoms with Crippen LogP contribution in [0.4, 0.5) is 0 Å². The van der Waals surface area contributed by atoms with E-state index in [1.807, 2.05) is 12.1 Å². The van der Waals surface area contributed by atoms with Crippen molar-refractivity contribution in [3.05, 3.63) is 70.2 Å². The van der Waals surface area contributed by atoms with Gasteiger partial charge in [0.1, 0.15) is 6.10 Å². The van der Waals surface area contributed by atoms with Gasteiger partial charge in [-0.2, -0.15) is 0 Å². The molecule has 1 heterocycles. The molecule has 1 aliphatic rings. The zero-order chi connectivity index (χ0) is 18.7. The van der Waals surface area contributed by atoms with Crippen LogP contribution in [0.5, 0.6) is 0 Å². The fourth-order valence-electron chi connectivity index (χ4n) is 2.95. The molecule has 0 radical (unpaired) electrons. The van der Waals surface area contributed by atoms with Crippen molar-refractivity contribution in [2.45, 2.75) is 25.9 Å². The number of esters is 1. The quantitative estimate of drug-likeness (QED) is 0.568. The molecule has 26 heavy (non-hydrogen) atoms. The Balaban J connectivity index is 1.51. The standard InChI is InChI=1S/C20H18ClNO4/c1-13(14-7-4-5-10-17(14)21)26-18(23)11-6-12-22-19(24)15-8-2-3-9-16(15)20(22)25/h2-5,7-10,13H,6,11-12H2,1H3/t13-/m0/s1. The van der Waals surface area contributed by atoms with Gasteiger partial charge in [0.05, 0.1) is 11.1 Å². The van der Waals surface area contributed by atoms with Crippen LogP contribution in [-0.4, -0.2) is 29.2 Å². The lowest BCUT2D eigenvalue weighted by Crippen LogP contribution is -2.31. The third-order valence-corrected chi connectivity index (χ3v) is 4.64. The van der Waals surface area contributed by atoms with Gasteiger partial charge in [0.2, 0.25) is 0 Å². The SMILES string of the molecule is C[C@H](OC(=O)CCCN1C(=O)c2ccccc2C1=O)c1ccccc1Cl. The first-order valence-electron chi connectivity index (χ1n) is 8.38. The van der Waals surface area contributed by atoms with Crippen LogP contribution in [-0.2, 0) is 9.53 Å². The maximum absolute atomic E-state index is 12.3. The van der Waals surface area contributed by atoms with Crippen LogP contribution >= 0.6 is 11.6 Å². The second kappa shape index (κ2) is 7.70. The summed E-state index contributed by atoms with van der Waals surface area (Å²) in [5, 5.41) is 0.541. The van der Waals surface area contributed by atoms with Gasteiger partial charge >= 0.3 is 5.97 Å². The number of ether oxygens (including phenoxy) is 1. The highest BCUT2D eigenvalue weighted by Crippen LogP contribution is 2.26. The molecule has 2 amide bonds. The molecular formula is C20H18ClNO4. The highest BCUT2D eigenvalue weighted by Gasteiger charge is 2.34. The lowest BCUT2D eigenvalue weighted by atomic mass is 10.1. The number of benzene rings is 2. The molecule has 0 aromatic heterocycles. The molecule has 0 bridgehead atoms. The van der Waals surface area contributed by atoms with Crippen LogP contribution in [0.2, 0.25) is 5.02 Å². The fraction of sp³-hybridized carbons (Fsp3) is 0.250. The molecule has 0 unspecified atom stereocenters. The minimum Gasteiger partial charge on any atom is -0.458 e. The van der Waals surface area contributed by atoms with E-state index in [0.717, 1.165) is 5.56 Å². The van der Waals surface area contributed by atoms with Gasteiger partial charge in [-0.15, -0.1) is 0 Å². The van der Waals surface area contributed by atoms with E-state index >= 15 is 0 Å². The Bertz CT molecular complexity index is 829. The number of amides is 2. The molecular weight excluding hydrogens is 354 g/mol. The zero-order valence-electron chi connectivity index (χ0n) is 14.3. The van der Waals surface area contributed by atoms with Crippen LogP contribution in [0.25, 0.3) is 0 Å². The number of hydrogen-bond donors (Lipinski definition) is 0. The van der Waals surface area contributed by atoms with E-state index < -0.39 is 12.1 Å². The summed E-state index contributed by atoms with van der Waals surface area (Å²) in [6.07, 6.45) is -0.00243. The molecule has 0 aliphatic carbocycles. The number of nitrogens with zero attached hydrogens (tertiary/aromatic N) is 1. The summed E-state index contributed by atoms with van der Waals surface area (Å²) >= 11 is 6.10. The van der Waals surface area contributed by atoms with Crippen LogP contribution in [0.3, 0.4) is 0 Å². The third kappa shape index (κ3) is 3.63. The Morgan fingerprint density at radius 1 is 1.04 bits per heavy atom. The van der Waals surface area contributed by atoms with E-state index in [1.54, 1.807) is 43.3 Å². The van der Waals surface area contributed by atoms with Gasteiger partial charge < -0.3 is 4.74 Å². The van der Waals surface area contributed by atoms with Gasteiger partial charge in [-0.05, 0) is 31.5 Å². The predicted molar refractivity (Wildman–Crippen MR) is 97.0 cm³/mol. The summed E-state index contributed by atoms with van der Waals surface area (Å²) in [4.78, 5) is 37.7. The molecule has 2 aromatic carbocycles. The van der Waals surface area contributed by atoms with Crippen molar-refractivity contribution >= 4 is 29.4 Å². The largest absolute Gasteiger partial charge is 0.458 e. The lowest BCUT2D eigenvalue weighted by Gasteiger charge is -2.16. The maximum Gasteiger partial charge on any atom is 0.306 e. The van der Waals surface area contributed by atoms with Crippen molar-refractivity contribution in [2.24, 2.45) is 0 Å². The molecule has 3 rings (SSSR count). The average molecular weight is 372 g/mol. The van der Waals surface area contributed by atoms with Gasteiger partial charge in [0.15, 0.2) is 0 Å². The topological polar surface area (TPSA) is 63.7 Å². The van der Waals surface area contributed by atoms with E-state index in [9.17, 15) is 14.4 Å². The fourth-order valence-corrected chi connectivity index (χ4v) is 3.24. The number of carbonyl (C=O) groups is 3. The molecule has 5 nitrogen and oxygen atoms in total. The first-order valence-corrected chi connectivity index (χ1v) is 8.76. The predicted octanol–water partition coefficient (Wildman–Crippen LogP) is 4.02. The van der Waals surface area contributed by atoms with Crippen molar-refractivity contribution in [3.8, 4) is 0 Å². The summed E-state index contributed by atoms with van der Waals surface area (Å²) < 4.78 is 5.39. The maximum atomic E-state index is 12.3. The number of halogens is 1. The first-order chi connectivity index (χ1) is 12.5. The Kier molecular flexibility index (Phi) is 5.38. The Hall–Kier alpha value is -2.66. The van der Waals surface area contributed by atoms with E-state index in [0.29, 0.717) is 22.6 Å². The highest BCUT2D eigenvalue weighted by molar-refractivity contribution is 6.31. The molecule has 0 N–H and O–H groups in total. The average Bonchev–Trinajstić information content (AvgIpc) is 2.87. The number of fused-ring (bicyclic) bond motifs is 1. The van der Waals surface area contributed by atoms with Crippen LogP contribution < -0.4 is 0 Å². The normalized spacial score (nSPS) is 14.3. The Labute approximate surface area is 156 Å². The third-order valence-electron chi connectivity index (χ3n) is 4.29. The number of imide groups is 1. The number of hydrogen-bond acceptors (Lipinski definition) is 4. The van der Waals surface area contributed by atoms with Crippen molar-refractivity contribution < 1.29 is 19.1 Å². The first kappa shape index (κ1) is 18.1. The molecule has 0 saturated carbocycles. The summed E-state index contributed by atoms with van der Waals surface area (Å²) in [6.45, 7) is 1.94. The highest BCUT2D eigenvalue weighted by atomic mass is 35.5. The Morgan fingerprint density at radius 2 is 1.62 bits per heavy atom. The molecule has 0 saturated heterocycles. The minimum atomic E-state index is -0.462. The molecule has 0 spiro atoms. The van der Waals surface area contributed by atoms with Crippen LogP contribution in [0.1, 0.15) is 52.1 Å². The molecule has 1 aliphatic heterocycles. The summed E-state index contributed by atoms with van der Waals surface area (Å²) in [5.74, 6) is -1.03. The van der Waals surface area contributed by atoms with Crippen molar-refractivity contribution in [1.29, 1.82) is 0 Å². The smallest absolute Gasteiger partial charge is 0.306 e. The van der Waals surface area contributed by atoms with E-state index in [2.05, 4.69) is 0 Å².